The van der Waals surface area contributed by atoms with Crippen molar-refractivity contribution in [1.82, 2.24) is 0 Å². The predicted octanol–water partition coefficient (Wildman–Crippen LogP) is 4.08. The van der Waals surface area contributed by atoms with E-state index in [-0.39, 0.29) is 28.5 Å². The normalized spacial score (nSPS) is 50.5. The van der Waals surface area contributed by atoms with Crippen molar-refractivity contribution in [2.45, 2.75) is 72.0 Å². The number of allylic oxidation sites excluding steroid dienone is 1. The highest BCUT2D eigenvalue weighted by Gasteiger charge is 2.57. The zero-order valence-electron chi connectivity index (χ0n) is 14.6. The maximum Gasteiger partial charge on any atom is 0.0668 e. The van der Waals surface area contributed by atoms with Crippen LogP contribution in [0.25, 0.3) is 0 Å². The maximum atomic E-state index is 10.7. The van der Waals surface area contributed by atoms with Gasteiger partial charge >= 0.3 is 0 Å². The van der Waals surface area contributed by atoms with Crippen molar-refractivity contribution in [2.75, 3.05) is 0 Å². The van der Waals surface area contributed by atoms with Gasteiger partial charge in [-0.15, -0.1) is 6.58 Å². The second-order valence-corrected chi connectivity index (χ2v) is 9.07. The molecule has 0 aromatic heterocycles. The minimum absolute atomic E-state index is 0.0251. The van der Waals surface area contributed by atoms with Gasteiger partial charge in [0.1, 0.15) is 0 Å². The van der Waals surface area contributed by atoms with Crippen molar-refractivity contribution in [3.8, 4) is 0 Å². The first kappa shape index (κ1) is 16.3. The van der Waals surface area contributed by atoms with E-state index in [1.54, 1.807) is 0 Å². The number of fused-ring (bicyclic) bond motifs is 3. The zero-order valence-corrected chi connectivity index (χ0v) is 14.6. The van der Waals surface area contributed by atoms with Gasteiger partial charge in [0.25, 0.3) is 0 Å². The fraction of sp³-hybridized carbons (Fsp3) is 0.800. The third kappa shape index (κ3) is 2.06. The average Bonchev–Trinajstić information content (AvgIpc) is 2.46. The Bertz CT molecular complexity index is 506. The minimum Gasteiger partial charge on any atom is -0.393 e. The van der Waals surface area contributed by atoms with Gasteiger partial charge in [-0.05, 0) is 54.8 Å². The number of hydrogen-bond acceptors (Lipinski definition) is 2. The van der Waals surface area contributed by atoms with Crippen LogP contribution in [0.4, 0.5) is 0 Å². The highest BCUT2D eigenvalue weighted by Crippen LogP contribution is 2.63. The van der Waals surface area contributed by atoms with E-state index in [1.807, 2.05) is 6.08 Å². The first-order valence-electron chi connectivity index (χ1n) is 8.86. The van der Waals surface area contributed by atoms with Gasteiger partial charge < -0.3 is 10.2 Å². The van der Waals surface area contributed by atoms with Crippen LogP contribution in [0.5, 0.6) is 0 Å². The monoisotopic (exact) mass is 304 g/mol. The van der Waals surface area contributed by atoms with Crippen LogP contribution < -0.4 is 0 Å². The number of rotatable bonds is 1. The molecule has 0 saturated heterocycles. The van der Waals surface area contributed by atoms with Crippen LogP contribution in [-0.4, -0.2) is 22.4 Å². The Kier molecular flexibility index (Phi) is 3.66. The lowest BCUT2D eigenvalue weighted by Crippen LogP contribution is -2.56. The van der Waals surface area contributed by atoms with Crippen molar-refractivity contribution in [1.29, 1.82) is 0 Å². The summed E-state index contributed by atoms with van der Waals surface area (Å²) < 4.78 is 0. The molecule has 0 bridgehead atoms. The van der Waals surface area contributed by atoms with Crippen molar-refractivity contribution in [3.05, 3.63) is 24.3 Å². The number of aliphatic hydroxyl groups excluding tert-OH is 2. The molecule has 124 valence electrons. The molecule has 3 rings (SSSR count). The van der Waals surface area contributed by atoms with Crippen molar-refractivity contribution >= 4 is 0 Å². The van der Waals surface area contributed by atoms with Gasteiger partial charge in [0, 0.05) is 5.41 Å². The van der Waals surface area contributed by atoms with E-state index < -0.39 is 0 Å². The quantitative estimate of drug-likeness (QED) is 0.717. The van der Waals surface area contributed by atoms with E-state index >= 15 is 0 Å². The lowest BCUT2D eigenvalue weighted by molar-refractivity contribution is -0.133. The van der Waals surface area contributed by atoms with Gasteiger partial charge in [0.2, 0.25) is 0 Å². The van der Waals surface area contributed by atoms with Gasteiger partial charge in [-0.3, -0.25) is 0 Å². The highest BCUT2D eigenvalue weighted by molar-refractivity contribution is 5.28. The third-order valence-corrected chi connectivity index (χ3v) is 7.59. The first-order chi connectivity index (χ1) is 10.1. The molecule has 0 aromatic rings. The third-order valence-electron chi connectivity index (χ3n) is 7.59. The molecule has 22 heavy (non-hydrogen) atoms. The number of hydrogen-bond donors (Lipinski definition) is 2. The summed E-state index contributed by atoms with van der Waals surface area (Å²) in [5.74, 6) is 0.993. The molecular formula is C20H32O2. The molecule has 0 aromatic carbocycles. The Balaban J connectivity index is 2.01. The van der Waals surface area contributed by atoms with Gasteiger partial charge in [-0.1, -0.05) is 45.4 Å². The second kappa shape index (κ2) is 4.95. The summed E-state index contributed by atoms with van der Waals surface area (Å²) in [6.07, 6.45) is 8.74. The Labute approximate surface area is 135 Å². The molecule has 6 atom stereocenters. The Hall–Kier alpha value is -0.600. The van der Waals surface area contributed by atoms with E-state index in [4.69, 9.17) is 0 Å². The molecule has 0 unspecified atom stereocenters. The van der Waals surface area contributed by atoms with Crippen LogP contribution in [0.2, 0.25) is 0 Å². The van der Waals surface area contributed by atoms with Gasteiger partial charge in [-0.25, -0.2) is 0 Å². The maximum absolute atomic E-state index is 10.7. The highest BCUT2D eigenvalue weighted by atomic mass is 16.3. The van der Waals surface area contributed by atoms with Crippen LogP contribution in [0.3, 0.4) is 0 Å². The molecule has 2 nitrogen and oxygen atoms in total. The van der Waals surface area contributed by atoms with Gasteiger partial charge in [0.05, 0.1) is 12.2 Å². The molecule has 2 fully saturated rings. The van der Waals surface area contributed by atoms with E-state index in [1.165, 1.54) is 5.57 Å². The molecule has 0 aliphatic heterocycles. The Morgan fingerprint density at radius 3 is 2.45 bits per heavy atom. The average molecular weight is 304 g/mol. The SMILES string of the molecule is C=C[C@]1(C)C=C2CC[C@@H]3C(C)(C)[C@H](O)CC[C@@]3(C)[C@@H]2C[C@H]1O. The minimum atomic E-state index is -0.343. The predicted molar refractivity (Wildman–Crippen MR) is 90.4 cm³/mol. The lowest BCUT2D eigenvalue weighted by Gasteiger charge is -2.61. The smallest absolute Gasteiger partial charge is 0.0668 e. The summed E-state index contributed by atoms with van der Waals surface area (Å²) in [5, 5.41) is 21.2. The molecule has 2 heteroatoms. The molecule has 2 saturated carbocycles. The van der Waals surface area contributed by atoms with Crippen molar-refractivity contribution in [3.63, 3.8) is 0 Å². The second-order valence-electron chi connectivity index (χ2n) is 9.07. The van der Waals surface area contributed by atoms with Crippen LogP contribution >= 0.6 is 0 Å². The molecule has 3 aliphatic carbocycles. The van der Waals surface area contributed by atoms with E-state index in [2.05, 4.69) is 40.3 Å². The Morgan fingerprint density at radius 1 is 1.14 bits per heavy atom. The molecular weight excluding hydrogens is 272 g/mol. The number of aliphatic hydroxyl groups is 2. The van der Waals surface area contributed by atoms with Crippen molar-refractivity contribution < 1.29 is 10.2 Å². The van der Waals surface area contributed by atoms with Crippen LogP contribution in [0.1, 0.15) is 59.8 Å². The van der Waals surface area contributed by atoms with Gasteiger partial charge in [-0.2, -0.15) is 0 Å². The summed E-state index contributed by atoms with van der Waals surface area (Å²) in [6, 6.07) is 0. The van der Waals surface area contributed by atoms with E-state index in [9.17, 15) is 10.2 Å². The van der Waals surface area contributed by atoms with Gasteiger partial charge in [0.15, 0.2) is 0 Å². The molecule has 2 N–H and O–H groups in total. The molecule has 0 amide bonds. The van der Waals surface area contributed by atoms with Crippen LogP contribution in [0.15, 0.2) is 24.3 Å². The standard InChI is InChI=1S/C20H32O2/c1-6-19(4)12-13-7-8-15-18(2,3)16(21)9-10-20(15,5)14(13)11-17(19)22/h6,12,14-17,21-22H,1,7-11H2,2-5H3/t14-,15-,16-,17-,19-,20+/m1/s1. The fourth-order valence-corrected chi connectivity index (χ4v) is 5.86. The summed E-state index contributed by atoms with van der Waals surface area (Å²) in [5.41, 5.74) is 1.43. The topological polar surface area (TPSA) is 40.5 Å². The summed E-state index contributed by atoms with van der Waals surface area (Å²) in [4.78, 5) is 0. The molecule has 3 aliphatic rings. The van der Waals surface area contributed by atoms with Crippen LogP contribution in [0, 0.1) is 28.1 Å². The van der Waals surface area contributed by atoms with E-state index in [0.717, 1.165) is 32.1 Å². The summed E-state index contributed by atoms with van der Waals surface area (Å²) >= 11 is 0. The summed E-state index contributed by atoms with van der Waals surface area (Å²) in [6.45, 7) is 12.9. The largest absolute Gasteiger partial charge is 0.393 e. The molecule has 0 heterocycles. The fourth-order valence-electron chi connectivity index (χ4n) is 5.86. The molecule has 0 spiro atoms. The Morgan fingerprint density at radius 2 is 1.82 bits per heavy atom. The summed E-state index contributed by atoms with van der Waals surface area (Å²) in [7, 11) is 0. The van der Waals surface area contributed by atoms with Crippen LogP contribution in [-0.2, 0) is 0 Å². The van der Waals surface area contributed by atoms with Crippen molar-refractivity contribution in [2.24, 2.45) is 28.1 Å². The molecule has 0 radical (unpaired) electrons. The lowest BCUT2D eigenvalue weighted by atomic mass is 9.44. The first-order valence-corrected chi connectivity index (χ1v) is 8.86. The van der Waals surface area contributed by atoms with E-state index in [0.29, 0.717) is 11.8 Å². The zero-order chi connectivity index (χ0) is 16.3.